The predicted molar refractivity (Wildman–Crippen MR) is 98.8 cm³/mol. The first kappa shape index (κ1) is 16.7. The molecule has 1 aromatic carbocycles. The molecule has 26 heavy (non-hydrogen) atoms. The zero-order chi connectivity index (χ0) is 18.1. The first-order valence-electron chi connectivity index (χ1n) is 8.89. The molecule has 0 spiro atoms. The molecule has 0 atom stereocenters. The van der Waals surface area contributed by atoms with E-state index in [0.29, 0.717) is 25.3 Å². The van der Waals surface area contributed by atoms with Crippen LogP contribution in [0.25, 0.3) is 11.2 Å². The maximum atomic E-state index is 12.6. The van der Waals surface area contributed by atoms with Crippen molar-refractivity contribution >= 4 is 17.1 Å². The summed E-state index contributed by atoms with van der Waals surface area (Å²) in [5.41, 5.74) is 3.28. The van der Waals surface area contributed by atoms with Crippen LogP contribution < -0.4 is 0 Å². The minimum Gasteiger partial charge on any atom is -0.370 e. The number of hydrogen-bond acceptors (Lipinski definition) is 4. The molecule has 3 aromatic rings. The van der Waals surface area contributed by atoms with Gasteiger partial charge in [0.05, 0.1) is 24.6 Å². The Hall–Kier alpha value is -2.73. The van der Waals surface area contributed by atoms with E-state index in [1.807, 2.05) is 41.0 Å². The number of imidazole rings is 1. The summed E-state index contributed by atoms with van der Waals surface area (Å²) in [6.45, 7) is 5.97. The van der Waals surface area contributed by atoms with Crippen LogP contribution in [0.4, 0.5) is 0 Å². The second-order valence-electron chi connectivity index (χ2n) is 6.94. The van der Waals surface area contributed by atoms with Crippen molar-refractivity contribution in [3.05, 3.63) is 60.0 Å². The Morgan fingerprint density at radius 3 is 2.73 bits per heavy atom. The van der Waals surface area contributed by atoms with E-state index in [9.17, 15) is 4.79 Å². The number of aromatic nitrogens is 3. The highest BCUT2D eigenvalue weighted by Crippen LogP contribution is 2.20. The van der Waals surface area contributed by atoms with E-state index in [0.717, 1.165) is 16.7 Å². The van der Waals surface area contributed by atoms with Gasteiger partial charge in [0.15, 0.2) is 5.65 Å². The fourth-order valence-electron chi connectivity index (χ4n) is 3.09. The van der Waals surface area contributed by atoms with E-state index in [1.165, 1.54) is 0 Å². The lowest BCUT2D eigenvalue weighted by Gasteiger charge is -2.38. The highest BCUT2D eigenvalue weighted by Gasteiger charge is 2.32. The third kappa shape index (κ3) is 3.20. The molecule has 3 heterocycles. The summed E-state index contributed by atoms with van der Waals surface area (Å²) >= 11 is 0. The average Bonchev–Trinajstić information content (AvgIpc) is 3.04. The van der Waals surface area contributed by atoms with Crippen LogP contribution in [0.15, 0.2) is 48.9 Å². The first-order chi connectivity index (χ1) is 12.6. The SMILES string of the molecule is CC(C)n1cnc2cc(C(=O)N3CC(OCc4ccccc4)C3)cnc21. The third-order valence-corrected chi connectivity index (χ3v) is 4.68. The number of pyridine rings is 1. The summed E-state index contributed by atoms with van der Waals surface area (Å²) in [5.74, 6) is -0.0157. The number of hydrogen-bond donors (Lipinski definition) is 0. The molecule has 0 N–H and O–H groups in total. The first-order valence-corrected chi connectivity index (χ1v) is 8.89. The van der Waals surface area contributed by atoms with Gasteiger partial charge in [-0.1, -0.05) is 30.3 Å². The normalized spacial score (nSPS) is 14.8. The van der Waals surface area contributed by atoms with Crippen LogP contribution in [0.1, 0.15) is 35.8 Å². The van der Waals surface area contributed by atoms with Gasteiger partial charge in [-0.15, -0.1) is 0 Å². The number of rotatable bonds is 5. The fraction of sp³-hybridized carbons (Fsp3) is 0.350. The zero-order valence-electron chi connectivity index (χ0n) is 15.0. The Balaban J connectivity index is 1.36. The van der Waals surface area contributed by atoms with Crippen LogP contribution >= 0.6 is 0 Å². The van der Waals surface area contributed by atoms with Crippen molar-refractivity contribution in [2.24, 2.45) is 0 Å². The van der Waals surface area contributed by atoms with Gasteiger partial charge in [-0.05, 0) is 25.5 Å². The quantitative estimate of drug-likeness (QED) is 0.710. The Kier molecular flexibility index (Phi) is 4.42. The van der Waals surface area contributed by atoms with Crippen LogP contribution in [0.2, 0.25) is 0 Å². The number of fused-ring (bicyclic) bond motifs is 1. The fourth-order valence-corrected chi connectivity index (χ4v) is 3.09. The number of likely N-dealkylation sites (tertiary alicyclic amines) is 1. The minimum atomic E-state index is -0.0157. The molecule has 134 valence electrons. The van der Waals surface area contributed by atoms with Crippen LogP contribution in [-0.4, -0.2) is 44.5 Å². The number of carbonyl (C=O) groups is 1. The number of ether oxygens (including phenoxy) is 1. The number of benzene rings is 1. The Bertz CT molecular complexity index is 914. The second kappa shape index (κ2) is 6.88. The maximum Gasteiger partial charge on any atom is 0.255 e. The lowest BCUT2D eigenvalue weighted by Crippen LogP contribution is -2.54. The number of amides is 1. The maximum absolute atomic E-state index is 12.6. The standard InChI is InChI=1S/C20H22N4O2/c1-14(2)24-13-22-18-8-16(9-21-19(18)24)20(25)23-10-17(11-23)26-12-15-6-4-3-5-7-15/h3-9,13-14,17H,10-12H2,1-2H3. The van der Waals surface area contributed by atoms with Crippen molar-refractivity contribution < 1.29 is 9.53 Å². The van der Waals surface area contributed by atoms with Gasteiger partial charge < -0.3 is 14.2 Å². The van der Waals surface area contributed by atoms with Crippen LogP contribution in [0.5, 0.6) is 0 Å². The Morgan fingerprint density at radius 2 is 2.00 bits per heavy atom. The molecule has 1 fully saturated rings. The number of carbonyl (C=O) groups excluding carboxylic acids is 1. The van der Waals surface area contributed by atoms with Crippen LogP contribution in [0.3, 0.4) is 0 Å². The highest BCUT2D eigenvalue weighted by atomic mass is 16.5. The van der Waals surface area contributed by atoms with Crippen molar-refractivity contribution in [2.75, 3.05) is 13.1 Å². The van der Waals surface area contributed by atoms with Gasteiger partial charge in [0.2, 0.25) is 0 Å². The largest absolute Gasteiger partial charge is 0.370 e. The molecule has 1 aliphatic heterocycles. The summed E-state index contributed by atoms with van der Waals surface area (Å²) < 4.78 is 7.86. The Morgan fingerprint density at radius 1 is 1.23 bits per heavy atom. The van der Waals surface area contributed by atoms with Gasteiger partial charge in [-0.2, -0.15) is 0 Å². The van der Waals surface area contributed by atoms with Crippen LogP contribution in [0, 0.1) is 0 Å². The summed E-state index contributed by atoms with van der Waals surface area (Å²) in [7, 11) is 0. The monoisotopic (exact) mass is 350 g/mol. The molecule has 0 bridgehead atoms. The molecule has 0 unspecified atom stereocenters. The van der Waals surface area contributed by atoms with E-state index in [-0.39, 0.29) is 18.1 Å². The van der Waals surface area contributed by atoms with Crippen molar-refractivity contribution in [1.82, 2.24) is 19.4 Å². The molecule has 1 amide bonds. The molecule has 0 aliphatic carbocycles. The van der Waals surface area contributed by atoms with Gasteiger partial charge in [0.25, 0.3) is 5.91 Å². The van der Waals surface area contributed by atoms with Crippen molar-refractivity contribution in [3.63, 3.8) is 0 Å². The summed E-state index contributed by atoms with van der Waals surface area (Å²) in [5, 5.41) is 0. The van der Waals surface area contributed by atoms with E-state index >= 15 is 0 Å². The lowest BCUT2D eigenvalue weighted by molar-refractivity contribution is -0.0503. The molecule has 4 rings (SSSR count). The summed E-state index contributed by atoms with van der Waals surface area (Å²) in [6.07, 6.45) is 3.51. The van der Waals surface area contributed by atoms with Crippen LogP contribution in [-0.2, 0) is 11.3 Å². The average molecular weight is 350 g/mol. The molecule has 1 saturated heterocycles. The third-order valence-electron chi connectivity index (χ3n) is 4.68. The molecule has 6 nitrogen and oxygen atoms in total. The highest BCUT2D eigenvalue weighted by molar-refractivity contribution is 5.96. The number of nitrogens with zero attached hydrogens (tertiary/aromatic N) is 4. The summed E-state index contributed by atoms with van der Waals surface area (Å²) in [6, 6.07) is 12.2. The van der Waals surface area contributed by atoms with Gasteiger partial charge in [-0.3, -0.25) is 4.79 Å². The summed E-state index contributed by atoms with van der Waals surface area (Å²) in [4.78, 5) is 23.2. The Labute approximate surface area is 152 Å². The molecular weight excluding hydrogens is 328 g/mol. The molecule has 1 aliphatic rings. The second-order valence-corrected chi connectivity index (χ2v) is 6.94. The zero-order valence-corrected chi connectivity index (χ0v) is 15.0. The molecular formula is C20H22N4O2. The predicted octanol–water partition coefficient (Wildman–Crippen LogP) is 3.05. The topological polar surface area (TPSA) is 60.2 Å². The van der Waals surface area contributed by atoms with Gasteiger partial charge in [0.1, 0.15) is 5.52 Å². The van der Waals surface area contributed by atoms with Gasteiger partial charge in [0, 0.05) is 25.3 Å². The molecule has 2 aromatic heterocycles. The molecule has 6 heteroatoms. The van der Waals surface area contributed by atoms with Crippen molar-refractivity contribution in [2.45, 2.75) is 32.6 Å². The van der Waals surface area contributed by atoms with Gasteiger partial charge in [-0.25, -0.2) is 9.97 Å². The smallest absolute Gasteiger partial charge is 0.255 e. The van der Waals surface area contributed by atoms with Crippen molar-refractivity contribution in [1.29, 1.82) is 0 Å². The minimum absolute atomic E-state index is 0.0157. The molecule has 0 saturated carbocycles. The van der Waals surface area contributed by atoms with E-state index < -0.39 is 0 Å². The van der Waals surface area contributed by atoms with Crippen molar-refractivity contribution in [3.8, 4) is 0 Å². The van der Waals surface area contributed by atoms with E-state index in [2.05, 4.69) is 23.8 Å². The van der Waals surface area contributed by atoms with Gasteiger partial charge >= 0.3 is 0 Å². The van der Waals surface area contributed by atoms with E-state index in [1.54, 1.807) is 17.4 Å². The lowest BCUT2D eigenvalue weighted by atomic mass is 10.1. The van der Waals surface area contributed by atoms with E-state index in [4.69, 9.17) is 4.74 Å². The molecule has 0 radical (unpaired) electrons.